The molecule has 1 atom stereocenters. The van der Waals surface area contributed by atoms with Crippen molar-refractivity contribution in [1.29, 1.82) is 0 Å². The average Bonchev–Trinajstić information content (AvgIpc) is 2.64. The van der Waals surface area contributed by atoms with Crippen molar-refractivity contribution in [2.45, 2.75) is 32.6 Å². The molecule has 0 fully saturated rings. The Morgan fingerprint density at radius 1 is 1.14 bits per heavy atom. The highest BCUT2D eigenvalue weighted by Crippen LogP contribution is 2.23. The molecule has 2 aromatic carbocycles. The lowest BCUT2D eigenvalue weighted by atomic mass is 10.1. The average molecular weight is 455 g/mol. The maximum atomic E-state index is 12.6. The van der Waals surface area contributed by atoms with Crippen LogP contribution in [0.15, 0.2) is 42.5 Å². The van der Waals surface area contributed by atoms with Gasteiger partial charge in [0, 0.05) is 23.1 Å². The molecule has 0 aliphatic rings. The summed E-state index contributed by atoms with van der Waals surface area (Å²) < 4.78 is 25.9. The molecule has 0 spiro atoms. The van der Waals surface area contributed by atoms with Crippen molar-refractivity contribution in [1.82, 2.24) is 5.32 Å². The van der Waals surface area contributed by atoms with E-state index in [1.807, 2.05) is 44.2 Å². The van der Waals surface area contributed by atoms with E-state index < -0.39 is 16.1 Å². The number of carbonyl (C=O) groups excluding carboxylic acids is 1. The van der Waals surface area contributed by atoms with E-state index in [1.54, 1.807) is 30.8 Å². The van der Waals surface area contributed by atoms with E-state index >= 15 is 0 Å². The molecule has 29 heavy (non-hydrogen) atoms. The zero-order valence-electron chi connectivity index (χ0n) is 17.1. The van der Waals surface area contributed by atoms with Crippen LogP contribution in [0.2, 0.25) is 5.02 Å². The number of halogens is 1. The number of rotatable bonds is 9. The summed E-state index contributed by atoms with van der Waals surface area (Å²) in [5.41, 5.74) is 3.70. The Kier molecular flexibility index (Phi) is 8.43. The number of carbonyl (C=O) groups is 1. The summed E-state index contributed by atoms with van der Waals surface area (Å²) in [6.07, 6.45) is 1.12. The molecule has 1 N–H and O–H groups in total. The first kappa shape index (κ1) is 23.6. The van der Waals surface area contributed by atoms with Crippen LogP contribution in [0.4, 0.5) is 5.69 Å². The number of hydrogen-bond donors (Lipinski definition) is 1. The summed E-state index contributed by atoms with van der Waals surface area (Å²) in [5.74, 6) is 1.23. The van der Waals surface area contributed by atoms with Gasteiger partial charge in [-0.15, -0.1) is 0 Å². The number of hydrogen-bond acceptors (Lipinski definition) is 4. The van der Waals surface area contributed by atoms with E-state index in [9.17, 15) is 13.2 Å². The summed E-state index contributed by atoms with van der Waals surface area (Å²) in [6, 6.07) is 12.2. The predicted molar refractivity (Wildman–Crippen MR) is 123 cm³/mol. The van der Waals surface area contributed by atoms with Crippen molar-refractivity contribution < 1.29 is 13.2 Å². The maximum Gasteiger partial charge on any atom is 0.243 e. The summed E-state index contributed by atoms with van der Waals surface area (Å²) in [6.45, 7) is 5.95. The maximum absolute atomic E-state index is 12.6. The predicted octanol–water partition coefficient (Wildman–Crippen LogP) is 4.16. The molecule has 0 unspecified atom stereocenters. The van der Waals surface area contributed by atoms with E-state index in [2.05, 4.69) is 5.32 Å². The number of benzene rings is 2. The molecule has 2 rings (SSSR count). The van der Waals surface area contributed by atoms with Crippen LogP contribution < -0.4 is 9.62 Å². The third-order valence-corrected chi connectivity index (χ3v) is 7.08. The minimum Gasteiger partial charge on any atom is -0.353 e. The molecule has 2 aromatic rings. The van der Waals surface area contributed by atoms with Crippen LogP contribution in [0.1, 0.15) is 23.6 Å². The Bertz CT molecular complexity index is 947. The fraction of sp³-hybridized carbons (Fsp3) is 0.381. The SMILES string of the molecule is Cc1ccc(N([C@H](C)C(=O)NCCSCc2ccc(Cl)cc2)S(C)(=O)=O)cc1C. The lowest BCUT2D eigenvalue weighted by molar-refractivity contribution is -0.121. The Labute approximate surface area is 182 Å². The van der Waals surface area contributed by atoms with Gasteiger partial charge in [0.05, 0.1) is 11.9 Å². The van der Waals surface area contributed by atoms with Gasteiger partial charge in [-0.2, -0.15) is 11.8 Å². The third-order valence-electron chi connectivity index (χ3n) is 4.56. The van der Waals surface area contributed by atoms with Gasteiger partial charge >= 0.3 is 0 Å². The molecule has 1 amide bonds. The van der Waals surface area contributed by atoms with Gasteiger partial charge in [0.25, 0.3) is 0 Å². The fourth-order valence-electron chi connectivity index (χ4n) is 2.84. The number of anilines is 1. The first-order chi connectivity index (χ1) is 13.6. The Morgan fingerprint density at radius 3 is 2.38 bits per heavy atom. The summed E-state index contributed by atoms with van der Waals surface area (Å²) in [7, 11) is -3.61. The van der Waals surface area contributed by atoms with Gasteiger partial charge in [-0.25, -0.2) is 8.42 Å². The second kappa shape index (κ2) is 10.4. The standard InChI is InChI=1S/C21H27ClN2O3S2/c1-15-5-10-20(13-16(15)2)24(29(4,26)27)17(3)21(25)23-11-12-28-14-18-6-8-19(22)9-7-18/h5-10,13,17H,11-12,14H2,1-4H3,(H,23,25)/t17-/m1/s1. The molecule has 0 bridgehead atoms. The fourth-order valence-corrected chi connectivity index (χ4v) is 4.95. The van der Waals surface area contributed by atoms with Gasteiger partial charge in [-0.1, -0.05) is 29.8 Å². The number of nitrogens with one attached hydrogen (secondary N) is 1. The van der Waals surface area contributed by atoms with Crippen molar-refractivity contribution in [2.24, 2.45) is 0 Å². The van der Waals surface area contributed by atoms with Crippen LogP contribution in [0, 0.1) is 13.8 Å². The minimum absolute atomic E-state index is 0.319. The molecule has 0 saturated heterocycles. The van der Waals surface area contributed by atoms with Gasteiger partial charge in [0.1, 0.15) is 6.04 Å². The smallest absolute Gasteiger partial charge is 0.243 e. The van der Waals surface area contributed by atoms with E-state index in [-0.39, 0.29) is 5.91 Å². The number of nitrogens with zero attached hydrogens (tertiary/aromatic N) is 1. The molecule has 0 radical (unpaired) electrons. The first-order valence-corrected chi connectivity index (χ1v) is 12.6. The van der Waals surface area contributed by atoms with Crippen LogP contribution in [0.25, 0.3) is 0 Å². The lowest BCUT2D eigenvalue weighted by Gasteiger charge is -2.28. The van der Waals surface area contributed by atoms with Crippen LogP contribution in [-0.4, -0.2) is 38.9 Å². The van der Waals surface area contributed by atoms with Crippen LogP contribution in [-0.2, 0) is 20.6 Å². The van der Waals surface area contributed by atoms with Gasteiger partial charge < -0.3 is 5.32 Å². The van der Waals surface area contributed by atoms with E-state index in [1.165, 1.54) is 4.31 Å². The number of aryl methyl sites for hydroxylation is 2. The van der Waals surface area contributed by atoms with Gasteiger partial charge in [0.2, 0.25) is 15.9 Å². The zero-order chi connectivity index (χ0) is 21.6. The molecule has 5 nitrogen and oxygen atoms in total. The third kappa shape index (κ3) is 6.94. The molecule has 8 heteroatoms. The molecule has 0 aliphatic heterocycles. The van der Waals surface area contributed by atoms with Crippen molar-refractivity contribution in [3.05, 3.63) is 64.2 Å². The largest absolute Gasteiger partial charge is 0.353 e. The molecule has 0 aliphatic carbocycles. The number of thioether (sulfide) groups is 1. The normalized spacial score (nSPS) is 12.4. The molecule has 0 aromatic heterocycles. The zero-order valence-corrected chi connectivity index (χ0v) is 19.5. The highest BCUT2D eigenvalue weighted by Gasteiger charge is 2.29. The second-order valence-electron chi connectivity index (χ2n) is 6.97. The highest BCUT2D eigenvalue weighted by atomic mass is 35.5. The van der Waals surface area contributed by atoms with Gasteiger partial charge in [0.15, 0.2) is 0 Å². The molecule has 0 heterocycles. The number of amides is 1. The van der Waals surface area contributed by atoms with Crippen molar-refractivity contribution in [3.8, 4) is 0 Å². The van der Waals surface area contributed by atoms with E-state index in [0.29, 0.717) is 17.3 Å². The Balaban J connectivity index is 1.93. The second-order valence-corrected chi connectivity index (χ2v) is 10.4. The summed E-state index contributed by atoms with van der Waals surface area (Å²) in [5, 5.41) is 3.55. The van der Waals surface area contributed by atoms with Crippen molar-refractivity contribution in [3.63, 3.8) is 0 Å². The van der Waals surface area contributed by atoms with E-state index in [0.717, 1.165) is 34.5 Å². The Hall–Kier alpha value is -1.70. The molecule has 0 saturated carbocycles. The summed E-state index contributed by atoms with van der Waals surface area (Å²) >= 11 is 7.57. The monoisotopic (exact) mass is 454 g/mol. The van der Waals surface area contributed by atoms with Crippen molar-refractivity contribution >= 4 is 45.0 Å². The highest BCUT2D eigenvalue weighted by molar-refractivity contribution is 7.98. The van der Waals surface area contributed by atoms with Gasteiger partial charge in [-0.3, -0.25) is 9.10 Å². The Morgan fingerprint density at radius 2 is 1.79 bits per heavy atom. The quantitative estimate of drug-likeness (QED) is 0.577. The van der Waals surface area contributed by atoms with Crippen LogP contribution in [0.3, 0.4) is 0 Å². The summed E-state index contributed by atoms with van der Waals surface area (Å²) in [4.78, 5) is 12.6. The lowest BCUT2D eigenvalue weighted by Crippen LogP contribution is -2.48. The van der Waals surface area contributed by atoms with Crippen LogP contribution >= 0.6 is 23.4 Å². The van der Waals surface area contributed by atoms with Crippen LogP contribution in [0.5, 0.6) is 0 Å². The van der Waals surface area contributed by atoms with Gasteiger partial charge in [-0.05, 0) is 61.7 Å². The van der Waals surface area contributed by atoms with Crippen molar-refractivity contribution in [2.75, 3.05) is 22.9 Å². The molecule has 158 valence electrons. The topological polar surface area (TPSA) is 66.5 Å². The molecular formula is C21H27ClN2O3S2. The minimum atomic E-state index is -3.61. The molecular weight excluding hydrogens is 428 g/mol. The number of sulfonamides is 1. The van der Waals surface area contributed by atoms with E-state index in [4.69, 9.17) is 11.6 Å². The first-order valence-electron chi connectivity index (χ1n) is 9.26.